The number of halogens is 1. The number of hydrogen-bond acceptors (Lipinski definition) is 5. The van der Waals surface area contributed by atoms with Crippen molar-refractivity contribution in [3.8, 4) is 11.5 Å². The molecule has 1 aromatic heterocycles. The molecule has 1 fully saturated rings. The Labute approximate surface area is 190 Å². The number of hydrogen-bond donors (Lipinski definition) is 0. The number of pyridine rings is 1. The van der Waals surface area contributed by atoms with E-state index in [4.69, 9.17) is 21.1 Å². The van der Waals surface area contributed by atoms with Crippen LogP contribution >= 0.6 is 11.6 Å². The van der Waals surface area contributed by atoms with E-state index in [1.165, 1.54) is 0 Å². The maximum Gasteiger partial charge on any atom is 0.254 e. The predicted molar refractivity (Wildman–Crippen MR) is 123 cm³/mol. The van der Waals surface area contributed by atoms with Gasteiger partial charge in [0.2, 0.25) is 0 Å². The summed E-state index contributed by atoms with van der Waals surface area (Å²) in [5.41, 5.74) is 1.64. The molecule has 1 aliphatic heterocycles. The molecule has 2 aromatic rings. The van der Waals surface area contributed by atoms with Crippen LogP contribution in [0.5, 0.6) is 11.5 Å². The smallest absolute Gasteiger partial charge is 0.254 e. The van der Waals surface area contributed by atoms with Gasteiger partial charge >= 0.3 is 0 Å². The molecule has 0 radical (unpaired) electrons. The number of ether oxygens (including phenoxy) is 2. The minimum atomic E-state index is -0.0471. The van der Waals surface area contributed by atoms with Crippen molar-refractivity contribution < 1.29 is 14.3 Å². The van der Waals surface area contributed by atoms with E-state index >= 15 is 0 Å². The Balaban J connectivity index is 1.57. The van der Waals surface area contributed by atoms with Gasteiger partial charge in [-0.3, -0.25) is 9.78 Å². The maximum atomic E-state index is 13.1. The lowest BCUT2D eigenvalue weighted by Gasteiger charge is -2.36. The van der Waals surface area contributed by atoms with Gasteiger partial charge in [-0.25, -0.2) is 0 Å². The molecule has 6 nitrogen and oxygen atoms in total. The summed E-state index contributed by atoms with van der Waals surface area (Å²) in [7, 11) is 3.43. The number of amides is 1. The van der Waals surface area contributed by atoms with Gasteiger partial charge in [-0.2, -0.15) is 0 Å². The zero-order valence-corrected chi connectivity index (χ0v) is 19.4. The van der Waals surface area contributed by atoms with Gasteiger partial charge in [0.15, 0.2) is 11.5 Å². The molecule has 168 valence electrons. The molecule has 0 atom stereocenters. The third kappa shape index (κ3) is 6.11. The summed E-state index contributed by atoms with van der Waals surface area (Å²) in [6.07, 6.45) is 5.56. The molecule has 1 aromatic carbocycles. The van der Waals surface area contributed by atoms with Crippen LogP contribution in [0.1, 0.15) is 42.2 Å². The molecule has 0 aliphatic carbocycles. The number of benzene rings is 1. The lowest BCUT2D eigenvalue weighted by Crippen LogP contribution is -2.46. The molecule has 3 rings (SSSR count). The summed E-state index contributed by atoms with van der Waals surface area (Å²) in [4.78, 5) is 21.8. The fourth-order valence-electron chi connectivity index (χ4n) is 3.91. The van der Waals surface area contributed by atoms with E-state index in [2.05, 4.69) is 16.0 Å². The average Bonchev–Trinajstić information content (AvgIpc) is 2.81. The summed E-state index contributed by atoms with van der Waals surface area (Å²) in [6.45, 7) is 5.51. The van der Waals surface area contributed by atoms with Crippen molar-refractivity contribution >= 4 is 17.5 Å². The van der Waals surface area contributed by atoms with E-state index in [-0.39, 0.29) is 11.9 Å². The van der Waals surface area contributed by atoms with Crippen LogP contribution in [0, 0.1) is 0 Å². The van der Waals surface area contributed by atoms with Gasteiger partial charge in [-0.15, -0.1) is 0 Å². The minimum absolute atomic E-state index is 0.0471. The van der Waals surface area contributed by atoms with Crippen molar-refractivity contribution in [3.05, 3.63) is 52.8 Å². The standard InChI is InChI=1S/C24H32ClN3O3/c1-4-15-31-23-21(25)16-18(17-22(23)30-3)24(29)27(2)20-9-13-28(14-10-20)12-8-19-7-5-6-11-26-19/h5-7,11,16-17,20H,4,8-10,12-15H2,1-3H3. The van der Waals surface area contributed by atoms with Crippen LogP contribution in [0.15, 0.2) is 36.5 Å². The second-order valence-corrected chi connectivity index (χ2v) is 8.31. The van der Waals surface area contributed by atoms with Crippen molar-refractivity contribution in [2.75, 3.05) is 40.4 Å². The van der Waals surface area contributed by atoms with Crippen LogP contribution in [0.2, 0.25) is 5.02 Å². The first-order valence-corrected chi connectivity index (χ1v) is 11.3. The maximum absolute atomic E-state index is 13.1. The Hall–Kier alpha value is -2.31. The fraction of sp³-hybridized carbons (Fsp3) is 0.500. The van der Waals surface area contributed by atoms with Crippen LogP contribution in [0.4, 0.5) is 0 Å². The molecule has 0 saturated carbocycles. The molecule has 0 unspecified atom stereocenters. The van der Waals surface area contributed by atoms with Gasteiger partial charge < -0.3 is 19.3 Å². The van der Waals surface area contributed by atoms with Crippen LogP contribution in [-0.2, 0) is 6.42 Å². The topological polar surface area (TPSA) is 54.9 Å². The highest BCUT2D eigenvalue weighted by Gasteiger charge is 2.27. The molecule has 0 N–H and O–H groups in total. The molecular weight excluding hydrogens is 414 g/mol. The summed E-state index contributed by atoms with van der Waals surface area (Å²) in [5, 5.41) is 0.397. The highest BCUT2D eigenvalue weighted by atomic mass is 35.5. The van der Waals surface area contributed by atoms with E-state index in [1.807, 2.05) is 37.2 Å². The Morgan fingerprint density at radius 1 is 1.29 bits per heavy atom. The van der Waals surface area contributed by atoms with Crippen LogP contribution < -0.4 is 9.47 Å². The summed E-state index contributed by atoms with van der Waals surface area (Å²) in [5.74, 6) is 0.933. The van der Waals surface area contributed by atoms with Crippen LogP contribution in [-0.4, -0.2) is 67.1 Å². The van der Waals surface area contributed by atoms with Gasteiger partial charge in [-0.05, 0) is 43.5 Å². The molecule has 7 heteroatoms. The Morgan fingerprint density at radius 2 is 2.06 bits per heavy atom. The van der Waals surface area contributed by atoms with Crippen molar-refractivity contribution in [2.45, 2.75) is 38.6 Å². The van der Waals surface area contributed by atoms with Crippen molar-refractivity contribution in [3.63, 3.8) is 0 Å². The van der Waals surface area contributed by atoms with E-state index in [0.29, 0.717) is 28.7 Å². The second-order valence-electron chi connectivity index (χ2n) is 7.90. The number of aromatic nitrogens is 1. The Morgan fingerprint density at radius 3 is 2.71 bits per heavy atom. The van der Waals surface area contributed by atoms with Crippen molar-refractivity contribution in [2.24, 2.45) is 0 Å². The minimum Gasteiger partial charge on any atom is -0.493 e. The van der Waals surface area contributed by atoms with Gasteiger partial charge in [0.25, 0.3) is 5.91 Å². The number of nitrogens with zero attached hydrogens (tertiary/aromatic N) is 3. The van der Waals surface area contributed by atoms with E-state index in [1.54, 1.807) is 19.2 Å². The Kier molecular flexibility index (Phi) is 8.55. The number of likely N-dealkylation sites (tertiary alicyclic amines) is 1. The Bertz CT molecular complexity index is 855. The monoisotopic (exact) mass is 445 g/mol. The van der Waals surface area contributed by atoms with E-state index in [0.717, 1.165) is 51.0 Å². The predicted octanol–water partition coefficient (Wildman–Crippen LogP) is 4.31. The van der Waals surface area contributed by atoms with Crippen molar-refractivity contribution in [1.82, 2.24) is 14.8 Å². The highest BCUT2D eigenvalue weighted by Crippen LogP contribution is 2.37. The molecule has 1 saturated heterocycles. The number of piperidine rings is 1. The molecule has 2 heterocycles. The van der Waals surface area contributed by atoms with Crippen molar-refractivity contribution in [1.29, 1.82) is 0 Å². The summed E-state index contributed by atoms with van der Waals surface area (Å²) < 4.78 is 11.1. The molecule has 1 aliphatic rings. The molecule has 31 heavy (non-hydrogen) atoms. The van der Waals surface area contributed by atoms with Crippen LogP contribution in [0.25, 0.3) is 0 Å². The average molecular weight is 446 g/mol. The normalized spacial score (nSPS) is 15.0. The third-order valence-corrected chi connectivity index (χ3v) is 6.04. The zero-order chi connectivity index (χ0) is 22.2. The van der Waals surface area contributed by atoms with E-state index < -0.39 is 0 Å². The quantitative estimate of drug-likeness (QED) is 0.575. The first kappa shape index (κ1) is 23.4. The van der Waals surface area contributed by atoms with Gasteiger partial charge in [-0.1, -0.05) is 24.6 Å². The second kappa shape index (κ2) is 11.3. The molecular formula is C24H32ClN3O3. The fourth-order valence-corrected chi connectivity index (χ4v) is 4.17. The lowest BCUT2D eigenvalue weighted by molar-refractivity contribution is 0.0643. The molecule has 1 amide bonds. The zero-order valence-electron chi connectivity index (χ0n) is 18.6. The summed E-state index contributed by atoms with van der Waals surface area (Å²) in [6, 6.07) is 9.64. The molecule has 0 spiro atoms. The SMILES string of the molecule is CCCOc1c(Cl)cc(C(=O)N(C)C2CCN(CCc3ccccn3)CC2)cc1OC. The first-order valence-electron chi connectivity index (χ1n) is 10.9. The van der Waals surface area contributed by atoms with Gasteiger partial charge in [0.1, 0.15) is 0 Å². The van der Waals surface area contributed by atoms with Crippen LogP contribution in [0.3, 0.4) is 0 Å². The molecule has 0 bridgehead atoms. The highest BCUT2D eigenvalue weighted by molar-refractivity contribution is 6.32. The number of rotatable bonds is 9. The summed E-state index contributed by atoms with van der Waals surface area (Å²) >= 11 is 6.40. The van der Waals surface area contributed by atoms with E-state index in [9.17, 15) is 4.79 Å². The third-order valence-electron chi connectivity index (χ3n) is 5.76. The lowest BCUT2D eigenvalue weighted by atomic mass is 10.0. The van der Waals surface area contributed by atoms with Gasteiger partial charge in [0.05, 0.1) is 18.7 Å². The van der Waals surface area contributed by atoms with Gasteiger partial charge in [0, 0.05) is 56.6 Å². The largest absolute Gasteiger partial charge is 0.493 e. The number of carbonyl (C=O) groups is 1. The first-order chi connectivity index (χ1) is 15.0. The number of carbonyl (C=O) groups excluding carboxylic acids is 1. The number of methoxy groups -OCH3 is 1.